The second-order valence-electron chi connectivity index (χ2n) is 7.24. The summed E-state index contributed by atoms with van der Waals surface area (Å²) in [6.07, 6.45) is -1.76. The van der Waals surface area contributed by atoms with E-state index in [0.717, 1.165) is 5.56 Å². The van der Waals surface area contributed by atoms with Gasteiger partial charge in [-0.2, -0.15) is 0 Å². The summed E-state index contributed by atoms with van der Waals surface area (Å²) in [7, 11) is 0. The molecule has 0 N–H and O–H groups in total. The molecule has 130 valence electrons. The Labute approximate surface area is 141 Å². The van der Waals surface area contributed by atoms with Crippen LogP contribution in [-0.2, 0) is 18.9 Å². The van der Waals surface area contributed by atoms with Gasteiger partial charge in [0.1, 0.15) is 18.3 Å². The molecule has 4 unspecified atom stereocenters. The lowest BCUT2D eigenvalue weighted by Gasteiger charge is -2.28. The molecule has 6 heteroatoms. The van der Waals surface area contributed by atoms with Gasteiger partial charge in [-0.15, -0.1) is 0 Å². The Bertz CT molecular complexity index is 606. The first-order chi connectivity index (χ1) is 11.3. The third-order valence-electron chi connectivity index (χ3n) is 4.33. The van der Waals surface area contributed by atoms with Crippen molar-refractivity contribution in [3.05, 3.63) is 35.9 Å². The van der Waals surface area contributed by atoms with Crippen LogP contribution in [-0.4, -0.2) is 30.6 Å². The predicted octanol–water partition coefficient (Wildman–Crippen LogP) is 3.99. The predicted molar refractivity (Wildman–Crippen MR) is 84.4 cm³/mol. The number of rotatable bonds is 4. The van der Waals surface area contributed by atoms with Crippen molar-refractivity contribution in [3.63, 3.8) is 0 Å². The molecule has 0 aliphatic carbocycles. The standard InChI is InChI=1S/C18H22O6/c1-18(2,3)15-13(22-17(20)24-15)10-9-12-14(23-16(19)21-12)11-7-5-4-6-8-11/h4-8,12-15H,9-10H2,1-3H3. The van der Waals surface area contributed by atoms with E-state index >= 15 is 0 Å². The Kier molecular flexibility index (Phi) is 4.39. The lowest BCUT2D eigenvalue weighted by atomic mass is 9.84. The van der Waals surface area contributed by atoms with Gasteiger partial charge in [0.05, 0.1) is 0 Å². The second kappa shape index (κ2) is 6.34. The fraction of sp³-hybridized carbons (Fsp3) is 0.556. The van der Waals surface area contributed by atoms with Crippen molar-refractivity contribution in [2.45, 2.75) is 58.0 Å². The van der Waals surface area contributed by atoms with Gasteiger partial charge in [0, 0.05) is 5.41 Å². The van der Waals surface area contributed by atoms with E-state index in [1.165, 1.54) is 0 Å². The summed E-state index contributed by atoms with van der Waals surface area (Å²) in [5.74, 6) is 0. The van der Waals surface area contributed by atoms with Crippen LogP contribution in [0.5, 0.6) is 0 Å². The molecule has 24 heavy (non-hydrogen) atoms. The fourth-order valence-electron chi connectivity index (χ4n) is 3.19. The number of carbonyl (C=O) groups excluding carboxylic acids is 2. The summed E-state index contributed by atoms with van der Waals surface area (Å²) >= 11 is 0. The van der Waals surface area contributed by atoms with Gasteiger partial charge in [0.15, 0.2) is 6.10 Å². The molecule has 3 rings (SSSR count). The number of carbonyl (C=O) groups is 2. The topological polar surface area (TPSA) is 71.1 Å². The van der Waals surface area contributed by atoms with E-state index in [2.05, 4.69) is 0 Å². The third kappa shape index (κ3) is 3.47. The van der Waals surface area contributed by atoms with Crippen molar-refractivity contribution in [1.29, 1.82) is 0 Å². The van der Waals surface area contributed by atoms with Crippen molar-refractivity contribution in [2.24, 2.45) is 5.41 Å². The van der Waals surface area contributed by atoms with Gasteiger partial charge < -0.3 is 18.9 Å². The van der Waals surface area contributed by atoms with E-state index in [4.69, 9.17) is 18.9 Å². The molecule has 1 aromatic carbocycles. The highest BCUT2D eigenvalue weighted by atomic mass is 16.8. The minimum Gasteiger partial charge on any atom is -0.427 e. The monoisotopic (exact) mass is 334 g/mol. The van der Waals surface area contributed by atoms with E-state index in [1.807, 2.05) is 51.1 Å². The summed E-state index contributed by atoms with van der Waals surface area (Å²) in [6, 6.07) is 9.48. The van der Waals surface area contributed by atoms with Crippen LogP contribution in [0.3, 0.4) is 0 Å². The zero-order valence-corrected chi connectivity index (χ0v) is 14.1. The van der Waals surface area contributed by atoms with Crippen molar-refractivity contribution < 1.29 is 28.5 Å². The summed E-state index contributed by atoms with van der Waals surface area (Å²) in [6.45, 7) is 5.99. The highest BCUT2D eigenvalue weighted by Gasteiger charge is 2.45. The zero-order chi connectivity index (χ0) is 17.3. The molecule has 2 heterocycles. The van der Waals surface area contributed by atoms with Crippen LogP contribution >= 0.6 is 0 Å². The summed E-state index contributed by atoms with van der Waals surface area (Å²) < 4.78 is 21.2. The van der Waals surface area contributed by atoms with Crippen molar-refractivity contribution in [1.82, 2.24) is 0 Å². The molecule has 2 aliphatic heterocycles. The average Bonchev–Trinajstić information content (AvgIpc) is 3.08. The molecule has 0 aromatic heterocycles. The van der Waals surface area contributed by atoms with Gasteiger partial charge in [-0.05, 0) is 18.4 Å². The lowest BCUT2D eigenvalue weighted by molar-refractivity contribution is 0.0402. The first-order valence-electron chi connectivity index (χ1n) is 8.14. The van der Waals surface area contributed by atoms with E-state index in [-0.39, 0.29) is 17.6 Å². The summed E-state index contributed by atoms with van der Waals surface area (Å²) in [4.78, 5) is 23.0. The molecule has 2 fully saturated rings. The van der Waals surface area contributed by atoms with Crippen LogP contribution < -0.4 is 0 Å². The molecule has 4 atom stereocenters. The van der Waals surface area contributed by atoms with Crippen LogP contribution in [0.25, 0.3) is 0 Å². The normalized spacial score (nSPS) is 29.6. The molecule has 0 spiro atoms. The largest absolute Gasteiger partial charge is 0.509 e. The minimum atomic E-state index is -0.666. The molecule has 0 amide bonds. The highest BCUT2D eigenvalue weighted by molar-refractivity contribution is 5.63. The maximum atomic E-state index is 11.6. The van der Waals surface area contributed by atoms with E-state index in [1.54, 1.807) is 0 Å². The van der Waals surface area contributed by atoms with Crippen molar-refractivity contribution >= 4 is 12.3 Å². The van der Waals surface area contributed by atoms with Crippen LogP contribution in [0.4, 0.5) is 9.59 Å². The van der Waals surface area contributed by atoms with Gasteiger partial charge in [0.2, 0.25) is 0 Å². The minimum absolute atomic E-state index is 0.224. The zero-order valence-electron chi connectivity index (χ0n) is 14.1. The number of hydrogen-bond acceptors (Lipinski definition) is 6. The molecule has 2 saturated heterocycles. The van der Waals surface area contributed by atoms with Gasteiger partial charge in [0.25, 0.3) is 0 Å². The molecular formula is C18H22O6. The Morgan fingerprint density at radius 3 is 2.08 bits per heavy atom. The Hall–Kier alpha value is -2.24. The molecule has 0 saturated carbocycles. The number of ether oxygens (including phenoxy) is 4. The average molecular weight is 334 g/mol. The van der Waals surface area contributed by atoms with E-state index in [9.17, 15) is 9.59 Å². The molecule has 0 bridgehead atoms. The maximum Gasteiger partial charge on any atom is 0.509 e. The highest BCUT2D eigenvalue weighted by Crippen LogP contribution is 2.37. The smallest absolute Gasteiger partial charge is 0.427 e. The quantitative estimate of drug-likeness (QED) is 0.775. The number of hydrogen-bond donors (Lipinski definition) is 0. The number of benzene rings is 1. The summed E-state index contributed by atoms with van der Waals surface area (Å²) in [5.41, 5.74) is 0.666. The van der Waals surface area contributed by atoms with Crippen LogP contribution in [0.1, 0.15) is 45.3 Å². The van der Waals surface area contributed by atoms with Gasteiger partial charge in [-0.1, -0.05) is 51.1 Å². The van der Waals surface area contributed by atoms with Crippen molar-refractivity contribution in [3.8, 4) is 0 Å². The van der Waals surface area contributed by atoms with E-state index < -0.39 is 24.5 Å². The number of cyclic esters (lactones) is 4. The van der Waals surface area contributed by atoms with Crippen LogP contribution in [0.15, 0.2) is 30.3 Å². The van der Waals surface area contributed by atoms with Crippen LogP contribution in [0.2, 0.25) is 0 Å². The third-order valence-corrected chi connectivity index (χ3v) is 4.33. The summed E-state index contributed by atoms with van der Waals surface area (Å²) in [5, 5.41) is 0. The second-order valence-corrected chi connectivity index (χ2v) is 7.24. The SMILES string of the molecule is CC(C)(C)C1OC(=O)OC1CCC1OC(=O)OC1c1ccccc1. The Morgan fingerprint density at radius 2 is 1.42 bits per heavy atom. The lowest BCUT2D eigenvalue weighted by Crippen LogP contribution is -2.36. The van der Waals surface area contributed by atoms with E-state index in [0.29, 0.717) is 12.8 Å². The molecular weight excluding hydrogens is 312 g/mol. The van der Waals surface area contributed by atoms with Gasteiger partial charge in [-0.3, -0.25) is 0 Å². The maximum absolute atomic E-state index is 11.6. The van der Waals surface area contributed by atoms with Gasteiger partial charge in [-0.25, -0.2) is 9.59 Å². The first-order valence-corrected chi connectivity index (χ1v) is 8.14. The fourth-order valence-corrected chi connectivity index (χ4v) is 3.19. The molecule has 6 nitrogen and oxygen atoms in total. The molecule has 2 aliphatic rings. The Balaban J connectivity index is 1.66. The van der Waals surface area contributed by atoms with Crippen molar-refractivity contribution in [2.75, 3.05) is 0 Å². The Morgan fingerprint density at radius 1 is 0.833 bits per heavy atom. The first kappa shape index (κ1) is 16.6. The van der Waals surface area contributed by atoms with Crippen LogP contribution in [0, 0.1) is 5.41 Å². The van der Waals surface area contributed by atoms with Gasteiger partial charge >= 0.3 is 12.3 Å². The molecule has 1 aromatic rings. The molecule has 0 radical (unpaired) electrons.